The van der Waals surface area contributed by atoms with Gasteiger partial charge in [0.25, 0.3) is 0 Å². The van der Waals surface area contributed by atoms with Crippen LogP contribution in [0.4, 0.5) is 0 Å². The highest BCUT2D eigenvalue weighted by atomic mass is 31.2. The summed E-state index contributed by atoms with van der Waals surface area (Å²) in [5.74, 6) is -0.890. The van der Waals surface area contributed by atoms with E-state index < -0.39 is 19.2 Å². The van der Waals surface area contributed by atoms with Gasteiger partial charge < -0.3 is 13.8 Å². The molecule has 7 heteroatoms. The van der Waals surface area contributed by atoms with Gasteiger partial charge in [0, 0.05) is 7.11 Å². The first-order valence-corrected chi connectivity index (χ1v) is 6.03. The molecule has 15 heavy (non-hydrogen) atoms. The molecule has 0 rings (SSSR count). The summed E-state index contributed by atoms with van der Waals surface area (Å²) in [5.41, 5.74) is -1.53. The second-order valence-electron chi connectivity index (χ2n) is 2.42. The molecule has 6 nitrogen and oxygen atoms in total. The molecule has 0 aromatic rings. The average molecular weight is 235 g/mol. The van der Waals surface area contributed by atoms with Gasteiger partial charge in [-0.25, -0.2) is 4.79 Å². The maximum atomic E-state index is 11.9. The summed E-state index contributed by atoms with van der Waals surface area (Å²) < 4.78 is 25.9. The van der Waals surface area contributed by atoms with Crippen molar-refractivity contribution in [3.63, 3.8) is 0 Å². The van der Waals surface area contributed by atoms with Crippen LogP contribution in [0, 0.1) is 11.3 Å². The predicted molar refractivity (Wildman–Crippen MR) is 52.3 cm³/mol. The van der Waals surface area contributed by atoms with Crippen molar-refractivity contribution in [3.8, 4) is 6.07 Å². The lowest BCUT2D eigenvalue weighted by molar-refractivity contribution is -0.141. The van der Waals surface area contributed by atoms with Crippen LogP contribution in [-0.2, 0) is 23.1 Å². The second kappa shape index (κ2) is 6.57. The molecule has 0 aliphatic rings. The van der Waals surface area contributed by atoms with Gasteiger partial charge >= 0.3 is 13.6 Å². The molecule has 0 fully saturated rings. The van der Waals surface area contributed by atoms with E-state index >= 15 is 0 Å². The fourth-order valence-electron chi connectivity index (χ4n) is 0.886. The third-order valence-corrected chi connectivity index (χ3v) is 3.60. The van der Waals surface area contributed by atoms with Gasteiger partial charge in [0.2, 0.25) is 5.66 Å². The number of rotatable bonds is 6. The second-order valence-corrected chi connectivity index (χ2v) is 4.64. The fraction of sp³-hybridized carbons (Fsp3) is 0.750. The Bertz CT molecular complexity index is 298. The maximum Gasteiger partial charge on any atom is 0.358 e. The van der Waals surface area contributed by atoms with Crippen molar-refractivity contribution in [1.82, 2.24) is 0 Å². The van der Waals surface area contributed by atoms with Crippen molar-refractivity contribution in [2.24, 2.45) is 0 Å². The van der Waals surface area contributed by atoms with Crippen molar-refractivity contribution in [1.29, 1.82) is 5.26 Å². The molecule has 0 aliphatic heterocycles. The minimum atomic E-state index is -3.73. The number of carbonyl (C=O) groups is 1. The van der Waals surface area contributed by atoms with Crippen LogP contribution in [0.5, 0.6) is 0 Å². The molecule has 0 radical (unpaired) electrons. The van der Waals surface area contributed by atoms with Crippen LogP contribution in [0.15, 0.2) is 0 Å². The molecule has 2 atom stereocenters. The molecular weight excluding hydrogens is 221 g/mol. The molecule has 0 bridgehead atoms. The monoisotopic (exact) mass is 235 g/mol. The van der Waals surface area contributed by atoms with Crippen molar-refractivity contribution < 1.29 is 23.1 Å². The summed E-state index contributed by atoms with van der Waals surface area (Å²) in [6.07, 6.45) is 0. The number of nitriles is 1. The van der Waals surface area contributed by atoms with E-state index in [9.17, 15) is 9.36 Å². The van der Waals surface area contributed by atoms with Crippen LogP contribution in [0.25, 0.3) is 0 Å². The van der Waals surface area contributed by atoms with Gasteiger partial charge in [-0.05, 0) is 13.8 Å². The van der Waals surface area contributed by atoms with Gasteiger partial charge in [0.1, 0.15) is 0 Å². The Labute approximate surface area is 88.7 Å². The average Bonchev–Trinajstić information content (AvgIpc) is 2.19. The van der Waals surface area contributed by atoms with Crippen molar-refractivity contribution in [2.75, 3.05) is 20.3 Å². The summed E-state index contributed by atoms with van der Waals surface area (Å²) in [6, 6.07) is 1.58. The zero-order chi connectivity index (χ0) is 11.9. The topological polar surface area (TPSA) is 85.6 Å². The Balaban J connectivity index is 4.85. The first kappa shape index (κ1) is 14.1. The molecule has 0 saturated carbocycles. The van der Waals surface area contributed by atoms with Crippen LogP contribution < -0.4 is 0 Å². The van der Waals surface area contributed by atoms with Gasteiger partial charge in [-0.2, -0.15) is 5.26 Å². The Morgan fingerprint density at radius 2 is 2.07 bits per heavy atom. The Morgan fingerprint density at radius 3 is 2.40 bits per heavy atom. The summed E-state index contributed by atoms with van der Waals surface area (Å²) in [5, 5.41) is 8.73. The Morgan fingerprint density at radius 1 is 1.47 bits per heavy atom. The molecule has 0 amide bonds. The van der Waals surface area contributed by atoms with Crippen LogP contribution in [0.1, 0.15) is 13.8 Å². The lowest BCUT2D eigenvalue weighted by Crippen LogP contribution is -2.23. The first-order valence-electron chi connectivity index (χ1n) is 4.41. The van der Waals surface area contributed by atoms with E-state index in [0.29, 0.717) is 0 Å². The molecule has 86 valence electrons. The highest BCUT2D eigenvalue weighted by molar-refractivity contribution is 7.56. The van der Waals surface area contributed by atoms with Crippen LogP contribution in [0.2, 0.25) is 0 Å². The van der Waals surface area contributed by atoms with Gasteiger partial charge in [0.15, 0.2) is 0 Å². The van der Waals surface area contributed by atoms with E-state index in [1.807, 2.05) is 0 Å². The van der Waals surface area contributed by atoms with Crippen molar-refractivity contribution in [3.05, 3.63) is 0 Å². The minimum Gasteiger partial charge on any atom is -0.465 e. The quantitative estimate of drug-likeness (QED) is 0.509. The molecule has 0 spiro atoms. The van der Waals surface area contributed by atoms with E-state index in [1.165, 1.54) is 0 Å². The first-order chi connectivity index (χ1) is 7.05. The van der Waals surface area contributed by atoms with E-state index in [4.69, 9.17) is 9.79 Å². The number of hydrogen-bond donors (Lipinski definition) is 0. The predicted octanol–water partition coefficient (Wildman–Crippen LogP) is 1.32. The van der Waals surface area contributed by atoms with Gasteiger partial charge in [-0.15, -0.1) is 0 Å². The number of nitrogens with zero attached hydrogens (tertiary/aromatic N) is 1. The number of carbonyl (C=O) groups excluding carboxylic acids is 1. The highest BCUT2D eigenvalue weighted by Gasteiger charge is 2.42. The summed E-state index contributed by atoms with van der Waals surface area (Å²) in [4.78, 5) is 11.3. The fourth-order valence-corrected chi connectivity index (χ4v) is 2.19. The van der Waals surface area contributed by atoms with Crippen molar-refractivity contribution in [2.45, 2.75) is 19.5 Å². The summed E-state index contributed by atoms with van der Waals surface area (Å²) >= 11 is 0. The van der Waals surface area contributed by atoms with E-state index in [-0.39, 0.29) is 13.2 Å². The lowest BCUT2D eigenvalue weighted by Gasteiger charge is -2.18. The number of esters is 1. The molecule has 0 heterocycles. The maximum absolute atomic E-state index is 11.9. The molecule has 0 saturated heterocycles. The minimum absolute atomic E-state index is 0.0860. The smallest absolute Gasteiger partial charge is 0.358 e. The van der Waals surface area contributed by atoms with Crippen molar-refractivity contribution >= 4 is 13.6 Å². The molecule has 0 aromatic carbocycles. The molecule has 2 unspecified atom stereocenters. The highest BCUT2D eigenvalue weighted by Crippen LogP contribution is 2.52. The van der Waals surface area contributed by atoms with Gasteiger partial charge in [-0.3, -0.25) is 4.57 Å². The number of hydrogen-bond acceptors (Lipinski definition) is 6. The normalized spacial score (nSPS) is 16.1. The standard InChI is InChI=1S/C8H14NO5P/c1-4-13-8(10)7(6-9)15(11,12-3)14-5-2/h7H,4-5H2,1-3H3. The Hall–Kier alpha value is -0.890. The van der Waals surface area contributed by atoms with E-state index in [0.717, 1.165) is 7.11 Å². The van der Waals surface area contributed by atoms with Crippen LogP contribution in [0.3, 0.4) is 0 Å². The largest absolute Gasteiger partial charge is 0.465 e. The van der Waals surface area contributed by atoms with Gasteiger partial charge in [-0.1, -0.05) is 0 Å². The third kappa shape index (κ3) is 3.63. The summed E-state index contributed by atoms with van der Waals surface area (Å²) in [7, 11) is -2.61. The third-order valence-electron chi connectivity index (χ3n) is 1.51. The molecule has 0 aliphatic carbocycles. The molecular formula is C8H14NO5P. The molecule has 0 N–H and O–H groups in total. The number of ether oxygens (including phenoxy) is 1. The van der Waals surface area contributed by atoms with Crippen LogP contribution in [-0.4, -0.2) is 32.0 Å². The zero-order valence-corrected chi connectivity index (χ0v) is 9.82. The lowest BCUT2D eigenvalue weighted by atomic mass is 10.5. The van der Waals surface area contributed by atoms with Gasteiger partial charge in [0.05, 0.1) is 19.3 Å². The zero-order valence-electron chi connectivity index (χ0n) is 8.93. The summed E-state index contributed by atoms with van der Waals surface area (Å²) in [6.45, 7) is 3.37. The van der Waals surface area contributed by atoms with E-state index in [2.05, 4.69) is 9.26 Å². The van der Waals surface area contributed by atoms with E-state index in [1.54, 1.807) is 19.9 Å². The SMILES string of the molecule is CCOC(=O)C(C#N)P(=O)(OC)OCC. The Kier molecular flexibility index (Phi) is 6.18. The van der Waals surface area contributed by atoms with Crippen LogP contribution >= 0.6 is 7.60 Å². The molecule has 0 aromatic heterocycles.